The minimum absolute atomic E-state index is 0.0815. The maximum Gasteiger partial charge on any atom is 0.178 e. The van der Waals surface area contributed by atoms with E-state index >= 15 is 0 Å². The molecule has 0 aliphatic carbocycles. The second-order valence-electron chi connectivity index (χ2n) is 3.54. The van der Waals surface area contributed by atoms with E-state index < -0.39 is 0 Å². The summed E-state index contributed by atoms with van der Waals surface area (Å²) in [4.78, 5) is 11.5. The topological polar surface area (TPSA) is 87.8 Å². The van der Waals surface area contributed by atoms with E-state index in [9.17, 15) is 0 Å². The molecule has 0 fully saturated rings. The van der Waals surface area contributed by atoms with Crippen LogP contribution in [0.15, 0.2) is 12.3 Å². The predicted octanol–water partition coefficient (Wildman–Crippen LogP) is 0.649. The standard InChI is InChI=1S/C10H14N4O/c1-6-13-9-7(8(11)3-5-15)2-4-12-10(9)14-6/h2,4,8,15H,3,5,11H2,1H3,(H,12,13,14). The molecule has 0 aliphatic rings. The molecule has 0 bridgehead atoms. The second kappa shape index (κ2) is 3.96. The number of aryl methyl sites for hydroxylation is 1. The zero-order valence-electron chi connectivity index (χ0n) is 8.57. The number of imidazole rings is 1. The summed E-state index contributed by atoms with van der Waals surface area (Å²) in [7, 11) is 0. The maximum absolute atomic E-state index is 8.85. The van der Waals surface area contributed by atoms with Gasteiger partial charge in [-0.1, -0.05) is 0 Å². The van der Waals surface area contributed by atoms with Gasteiger partial charge in [0, 0.05) is 18.8 Å². The van der Waals surface area contributed by atoms with E-state index in [4.69, 9.17) is 10.8 Å². The molecular weight excluding hydrogens is 192 g/mol. The van der Waals surface area contributed by atoms with Crippen LogP contribution >= 0.6 is 0 Å². The van der Waals surface area contributed by atoms with Gasteiger partial charge < -0.3 is 15.8 Å². The van der Waals surface area contributed by atoms with Crippen molar-refractivity contribution in [2.24, 2.45) is 5.73 Å². The van der Waals surface area contributed by atoms with Crippen LogP contribution in [0, 0.1) is 6.92 Å². The first-order valence-corrected chi connectivity index (χ1v) is 4.90. The molecule has 0 aromatic carbocycles. The van der Waals surface area contributed by atoms with Crippen LogP contribution in [0.5, 0.6) is 0 Å². The summed E-state index contributed by atoms with van der Waals surface area (Å²) < 4.78 is 0. The molecule has 0 amide bonds. The Labute approximate surface area is 87.4 Å². The number of H-pyrrole nitrogens is 1. The summed E-state index contributed by atoms with van der Waals surface area (Å²) in [6, 6.07) is 1.68. The van der Waals surface area contributed by atoms with Gasteiger partial charge in [0.05, 0.1) is 5.52 Å². The van der Waals surface area contributed by atoms with E-state index in [2.05, 4.69) is 15.0 Å². The van der Waals surface area contributed by atoms with Crippen molar-refractivity contribution < 1.29 is 5.11 Å². The van der Waals surface area contributed by atoms with Crippen LogP contribution < -0.4 is 5.73 Å². The number of aliphatic hydroxyl groups excluding tert-OH is 1. The summed E-state index contributed by atoms with van der Waals surface area (Å²) in [5.41, 5.74) is 8.45. The quantitative estimate of drug-likeness (QED) is 0.688. The van der Waals surface area contributed by atoms with E-state index in [0.29, 0.717) is 12.1 Å². The van der Waals surface area contributed by atoms with Crippen LogP contribution in [0.3, 0.4) is 0 Å². The zero-order chi connectivity index (χ0) is 10.8. The number of hydrogen-bond acceptors (Lipinski definition) is 4. The third-order valence-electron chi connectivity index (χ3n) is 2.38. The molecule has 0 saturated heterocycles. The smallest absolute Gasteiger partial charge is 0.178 e. The Bertz CT molecular complexity index is 465. The molecule has 0 saturated carbocycles. The predicted molar refractivity (Wildman–Crippen MR) is 57.3 cm³/mol. The third-order valence-corrected chi connectivity index (χ3v) is 2.38. The normalized spacial score (nSPS) is 13.3. The van der Waals surface area contributed by atoms with Crippen molar-refractivity contribution in [2.45, 2.75) is 19.4 Å². The summed E-state index contributed by atoms with van der Waals surface area (Å²) >= 11 is 0. The Hall–Kier alpha value is -1.46. The fraction of sp³-hybridized carbons (Fsp3) is 0.400. The fourth-order valence-electron chi connectivity index (χ4n) is 1.65. The van der Waals surface area contributed by atoms with Gasteiger partial charge in [-0.25, -0.2) is 9.97 Å². The summed E-state index contributed by atoms with van der Waals surface area (Å²) in [6.07, 6.45) is 2.23. The van der Waals surface area contributed by atoms with Gasteiger partial charge in [-0.05, 0) is 25.0 Å². The number of aromatic amines is 1. The molecule has 5 heteroatoms. The average molecular weight is 206 g/mol. The number of nitrogens with zero attached hydrogens (tertiary/aromatic N) is 2. The molecule has 80 valence electrons. The Kier molecular flexibility index (Phi) is 2.66. The highest BCUT2D eigenvalue weighted by molar-refractivity contribution is 5.75. The van der Waals surface area contributed by atoms with Crippen molar-refractivity contribution in [1.82, 2.24) is 15.0 Å². The van der Waals surface area contributed by atoms with Crippen molar-refractivity contribution in [3.8, 4) is 0 Å². The Morgan fingerprint density at radius 1 is 1.60 bits per heavy atom. The van der Waals surface area contributed by atoms with Gasteiger partial charge in [-0.2, -0.15) is 0 Å². The number of aromatic nitrogens is 3. The fourth-order valence-corrected chi connectivity index (χ4v) is 1.65. The second-order valence-corrected chi connectivity index (χ2v) is 3.54. The van der Waals surface area contributed by atoms with Crippen LogP contribution in [-0.2, 0) is 0 Å². The first-order valence-electron chi connectivity index (χ1n) is 4.90. The minimum atomic E-state index is -0.180. The monoisotopic (exact) mass is 206 g/mol. The molecule has 1 unspecified atom stereocenters. The average Bonchev–Trinajstić information content (AvgIpc) is 2.57. The molecule has 1 atom stereocenters. The number of aliphatic hydroxyl groups is 1. The van der Waals surface area contributed by atoms with Gasteiger partial charge in [0.25, 0.3) is 0 Å². The Balaban J connectivity index is 2.50. The van der Waals surface area contributed by atoms with Crippen LogP contribution in [0.25, 0.3) is 11.2 Å². The molecule has 5 nitrogen and oxygen atoms in total. The van der Waals surface area contributed by atoms with Gasteiger partial charge >= 0.3 is 0 Å². The lowest BCUT2D eigenvalue weighted by molar-refractivity contribution is 0.277. The van der Waals surface area contributed by atoms with Crippen molar-refractivity contribution in [1.29, 1.82) is 0 Å². The molecule has 2 rings (SSSR count). The van der Waals surface area contributed by atoms with Gasteiger partial charge in [-0.3, -0.25) is 0 Å². The van der Waals surface area contributed by atoms with E-state index in [-0.39, 0.29) is 12.6 Å². The van der Waals surface area contributed by atoms with Gasteiger partial charge in [0.15, 0.2) is 5.65 Å². The largest absolute Gasteiger partial charge is 0.396 e. The number of hydrogen-bond donors (Lipinski definition) is 3. The Morgan fingerprint density at radius 2 is 2.40 bits per heavy atom. The van der Waals surface area contributed by atoms with Gasteiger partial charge in [0.2, 0.25) is 0 Å². The van der Waals surface area contributed by atoms with Crippen LogP contribution in [0.1, 0.15) is 23.9 Å². The molecule has 15 heavy (non-hydrogen) atoms. The summed E-state index contributed by atoms with van der Waals surface area (Å²) in [6.45, 7) is 1.96. The minimum Gasteiger partial charge on any atom is -0.396 e. The summed E-state index contributed by atoms with van der Waals surface area (Å²) in [5.74, 6) is 0.821. The number of rotatable bonds is 3. The van der Waals surface area contributed by atoms with Crippen molar-refractivity contribution in [3.63, 3.8) is 0 Å². The molecule has 0 radical (unpaired) electrons. The SMILES string of the molecule is Cc1nc2nccc(C(N)CCO)c2[nH]1. The lowest BCUT2D eigenvalue weighted by Gasteiger charge is -2.10. The van der Waals surface area contributed by atoms with E-state index in [1.165, 1.54) is 0 Å². The van der Waals surface area contributed by atoms with E-state index in [1.54, 1.807) is 6.20 Å². The summed E-state index contributed by atoms with van der Waals surface area (Å²) in [5, 5.41) is 8.85. The van der Waals surface area contributed by atoms with Crippen molar-refractivity contribution >= 4 is 11.2 Å². The van der Waals surface area contributed by atoms with Gasteiger partial charge in [-0.15, -0.1) is 0 Å². The molecular formula is C10H14N4O. The van der Waals surface area contributed by atoms with Crippen LogP contribution in [-0.4, -0.2) is 26.7 Å². The van der Waals surface area contributed by atoms with Crippen LogP contribution in [0.4, 0.5) is 0 Å². The molecule has 2 heterocycles. The maximum atomic E-state index is 8.85. The molecule has 0 spiro atoms. The highest BCUT2D eigenvalue weighted by atomic mass is 16.3. The number of fused-ring (bicyclic) bond motifs is 1. The highest BCUT2D eigenvalue weighted by Gasteiger charge is 2.12. The van der Waals surface area contributed by atoms with Gasteiger partial charge in [0.1, 0.15) is 5.82 Å². The molecule has 0 aliphatic heterocycles. The highest BCUT2D eigenvalue weighted by Crippen LogP contribution is 2.21. The molecule has 2 aromatic rings. The third kappa shape index (κ3) is 1.84. The number of nitrogens with one attached hydrogen (secondary N) is 1. The van der Waals surface area contributed by atoms with E-state index in [1.807, 2.05) is 13.0 Å². The number of pyridine rings is 1. The van der Waals surface area contributed by atoms with E-state index in [0.717, 1.165) is 16.9 Å². The first kappa shape index (κ1) is 10.1. The van der Waals surface area contributed by atoms with Crippen LogP contribution in [0.2, 0.25) is 0 Å². The lowest BCUT2D eigenvalue weighted by atomic mass is 10.1. The molecule has 2 aromatic heterocycles. The lowest BCUT2D eigenvalue weighted by Crippen LogP contribution is -2.12. The number of nitrogens with two attached hydrogens (primary N) is 1. The zero-order valence-corrected chi connectivity index (χ0v) is 8.57. The Morgan fingerprint density at radius 3 is 3.13 bits per heavy atom. The van der Waals surface area contributed by atoms with Crippen molar-refractivity contribution in [3.05, 3.63) is 23.7 Å². The first-order chi connectivity index (χ1) is 7.22. The molecule has 4 N–H and O–H groups in total. The van der Waals surface area contributed by atoms with Crippen molar-refractivity contribution in [2.75, 3.05) is 6.61 Å².